The molecule has 0 bridgehead atoms. The Kier molecular flexibility index (Phi) is 5.38. The minimum absolute atomic E-state index is 0.556. The fourth-order valence-corrected chi connectivity index (χ4v) is 2.54. The molecule has 0 saturated carbocycles. The van der Waals surface area contributed by atoms with Crippen LogP contribution in [0.3, 0.4) is 0 Å². The summed E-state index contributed by atoms with van der Waals surface area (Å²) in [6.07, 6.45) is 0. The van der Waals surface area contributed by atoms with Gasteiger partial charge >= 0.3 is 0 Å². The lowest BCUT2D eigenvalue weighted by Gasteiger charge is -2.07. The van der Waals surface area contributed by atoms with Crippen molar-refractivity contribution < 1.29 is 4.74 Å². The largest absolute Gasteiger partial charge is 0.493 e. The van der Waals surface area contributed by atoms with Gasteiger partial charge in [0.15, 0.2) is 5.16 Å². The summed E-state index contributed by atoms with van der Waals surface area (Å²) in [6, 6.07) is 9.82. The number of rotatable bonds is 6. The number of ether oxygens (including phenoxy) is 1. The molecular weight excluding hydrogens is 270 g/mol. The van der Waals surface area contributed by atoms with Crippen molar-refractivity contribution >= 4 is 11.8 Å². The molecule has 2 N–H and O–H groups in total. The van der Waals surface area contributed by atoms with E-state index >= 15 is 0 Å². The van der Waals surface area contributed by atoms with Crippen molar-refractivity contribution in [1.82, 2.24) is 9.97 Å². The molecular formula is C15H19N3OS. The van der Waals surface area contributed by atoms with Crippen molar-refractivity contribution in [3.63, 3.8) is 0 Å². The van der Waals surface area contributed by atoms with E-state index in [2.05, 4.69) is 9.97 Å². The average molecular weight is 289 g/mol. The van der Waals surface area contributed by atoms with Crippen molar-refractivity contribution in [3.8, 4) is 5.75 Å². The number of hydrogen-bond donors (Lipinski definition) is 1. The van der Waals surface area contributed by atoms with E-state index in [0.717, 1.165) is 33.6 Å². The molecule has 0 unspecified atom stereocenters. The van der Waals surface area contributed by atoms with Crippen molar-refractivity contribution in [2.75, 3.05) is 12.4 Å². The van der Waals surface area contributed by atoms with Crippen LogP contribution in [0.25, 0.3) is 0 Å². The first-order chi connectivity index (χ1) is 9.67. The summed E-state index contributed by atoms with van der Waals surface area (Å²) in [4.78, 5) is 8.77. The van der Waals surface area contributed by atoms with Gasteiger partial charge < -0.3 is 10.5 Å². The highest BCUT2D eigenvalue weighted by atomic mass is 32.2. The lowest BCUT2D eigenvalue weighted by molar-refractivity contribution is 0.344. The normalized spacial score (nSPS) is 10.6. The summed E-state index contributed by atoms with van der Waals surface area (Å²) in [5.41, 5.74) is 8.66. The predicted octanol–water partition coefficient (Wildman–Crippen LogP) is 2.72. The third kappa shape index (κ3) is 4.51. The number of thioether (sulfide) groups is 1. The molecule has 106 valence electrons. The van der Waals surface area contributed by atoms with Gasteiger partial charge in [0.1, 0.15) is 5.75 Å². The number of aryl methyl sites for hydroxylation is 2. The highest BCUT2D eigenvalue weighted by molar-refractivity contribution is 7.99. The molecule has 0 aliphatic heterocycles. The molecule has 0 aliphatic rings. The summed E-state index contributed by atoms with van der Waals surface area (Å²) < 4.78 is 5.67. The average Bonchev–Trinajstić information content (AvgIpc) is 2.43. The maximum atomic E-state index is 5.67. The highest BCUT2D eigenvalue weighted by Crippen LogP contribution is 2.16. The Bertz CT molecular complexity index is 537. The van der Waals surface area contributed by atoms with Gasteiger partial charge in [-0.25, -0.2) is 9.97 Å². The Labute approximate surface area is 123 Å². The topological polar surface area (TPSA) is 61.0 Å². The third-order valence-electron chi connectivity index (χ3n) is 2.70. The molecule has 1 aromatic carbocycles. The third-order valence-corrected chi connectivity index (χ3v) is 3.52. The van der Waals surface area contributed by atoms with E-state index in [-0.39, 0.29) is 0 Å². The molecule has 20 heavy (non-hydrogen) atoms. The van der Waals surface area contributed by atoms with Crippen LogP contribution >= 0.6 is 11.8 Å². The molecule has 0 fully saturated rings. The Morgan fingerprint density at radius 2 is 1.75 bits per heavy atom. The van der Waals surface area contributed by atoms with Crippen LogP contribution in [0.2, 0.25) is 0 Å². The van der Waals surface area contributed by atoms with Crippen LogP contribution in [0.4, 0.5) is 0 Å². The molecule has 0 saturated heterocycles. The minimum atomic E-state index is 0.556. The number of nitrogens with zero attached hydrogens (tertiary/aromatic N) is 2. The Morgan fingerprint density at radius 3 is 2.35 bits per heavy atom. The van der Waals surface area contributed by atoms with Crippen LogP contribution in [0.15, 0.2) is 35.5 Å². The van der Waals surface area contributed by atoms with E-state index in [1.165, 1.54) is 0 Å². The van der Waals surface area contributed by atoms with Crippen LogP contribution in [-0.4, -0.2) is 22.3 Å². The van der Waals surface area contributed by atoms with Gasteiger partial charge in [0, 0.05) is 23.7 Å². The highest BCUT2D eigenvalue weighted by Gasteiger charge is 2.01. The van der Waals surface area contributed by atoms with Crippen molar-refractivity contribution in [2.24, 2.45) is 5.73 Å². The van der Waals surface area contributed by atoms with Crippen LogP contribution < -0.4 is 10.5 Å². The molecule has 1 heterocycles. The van der Waals surface area contributed by atoms with Crippen LogP contribution in [0, 0.1) is 13.8 Å². The van der Waals surface area contributed by atoms with Crippen LogP contribution in [-0.2, 0) is 6.54 Å². The maximum Gasteiger partial charge on any atom is 0.188 e. The second-order valence-corrected chi connectivity index (χ2v) is 5.54. The molecule has 0 atom stereocenters. The van der Waals surface area contributed by atoms with E-state index in [1.807, 2.05) is 44.2 Å². The Hall–Kier alpha value is -1.59. The van der Waals surface area contributed by atoms with Gasteiger partial charge in [0.25, 0.3) is 0 Å². The zero-order valence-corrected chi connectivity index (χ0v) is 12.6. The molecule has 0 aliphatic carbocycles. The van der Waals surface area contributed by atoms with Gasteiger partial charge in [0.2, 0.25) is 0 Å². The Balaban J connectivity index is 1.78. The van der Waals surface area contributed by atoms with Gasteiger partial charge in [-0.05, 0) is 37.6 Å². The second kappa shape index (κ2) is 7.26. The zero-order valence-electron chi connectivity index (χ0n) is 11.8. The number of benzene rings is 1. The zero-order chi connectivity index (χ0) is 14.4. The fourth-order valence-electron chi connectivity index (χ4n) is 1.77. The van der Waals surface area contributed by atoms with E-state index in [4.69, 9.17) is 10.5 Å². The van der Waals surface area contributed by atoms with Gasteiger partial charge in [-0.1, -0.05) is 23.9 Å². The molecule has 4 nitrogen and oxygen atoms in total. The maximum absolute atomic E-state index is 5.67. The fraction of sp³-hybridized carbons (Fsp3) is 0.333. The first-order valence-electron chi connectivity index (χ1n) is 6.54. The summed E-state index contributed by atoms with van der Waals surface area (Å²) >= 11 is 1.61. The predicted molar refractivity (Wildman–Crippen MR) is 82.1 cm³/mol. The minimum Gasteiger partial charge on any atom is -0.493 e. The SMILES string of the molecule is Cc1cc(C)nc(SCCOc2ccc(CN)cc2)n1. The van der Waals surface area contributed by atoms with Crippen molar-refractivity contribution in [1.29, 1.82) is 0 Å². The summed E-state index contributed by atoms with van der Waals surface area (Å²) in [5.74, 6) is 1.69. The molecule has 2 rings (SSSR count). The molecule has 1 aromatic heterocycles. The van der Waals surface area contributed by atoms with E-state index in [1.54, 1.807) is 11.8 Å². The van der Waals surface area contributed by atoms with E-state index in [9.17, 15) is 0 Å². The van der Waals surface area contributed by atoms with Crippen LogP contribution in [0.1, 0.15) is 17.0 Å². The smallest absolute Gasteiger partial charge is 0.188 e. The first kappa shape index (κ1) is 14.8. The van der Waals surface area contributed by atoms with E-state index < -0.39 is 0 Å². The summed E-state index contributed by atoms with van der Waals surface area (Å²) in [6.45, 7) is 5.14. The first-order valence-corrected chi connectivity index (χ1v) is 7.53. The van der Waals surface area contributed by atoms with Gasteiger partial charge in [-0.15, -0.1) is 0 Å². The molecule has 0 radical (unpaired) electrons. The van der Waals surface area contributed by atoms with E-state index in [0.29, 0.717) is 13.2 Å². The summed E-state index contributed by atoms with van der Waals surface area (Å²) in [5, 5.41) is 0.810. The molecule has 5 heteroatoms. The van der Waals surface area contributed by atoms with Gasteiger partial charge in [0.05, 0.1) is 6.61 Å². The molecule has 2 aromatic rings. The lowest BCUT2D eigenvalue weighted by Crippen LogP contribution is -2.02. The summed E-state index contributed by atoms with van der Waals surface area (Å²) in [7, 11) is 0. The molecule has 0 spiro atoms. The van der Waals surface area contributed by atoms with Crippen molar-refractivity contribution in [2.45, 2.75) is 25.5 Å². The van der Waals surface area contributed by atoms with Crippen molar-refractivity contribution in [3.05, 3.63) is 47.3 Å². The molecule has 0 amide bonds. The number of hydrogen-bond acceptors (Lipinski definition) is 5. The Morgan fingerprint density at radius 1 is 1.10 bits per heavy atom. The second-order valence-electron chi connectivity index (χ2n) is 4.48. The quantitative estimate of drug-likeness (QED) is 0.503. The number of nitrogens with two attached hydrogens (primary N) is 1. The monoisotopic (exact) mass is 289 g/mol. The van der Waals surface area contributed by atoms with Gasteiger partial charge in [-0.3, -0.25) is 0 Å². The number of aromatic nitrogens is 2. The van der Waals surface area contributed by atoms with Crippen LogP contribution in [0.5, 0.6) is 5.75 Å². The standard InChI is InChI=1S/C15H19N3OS/c1-11-9-12(2)18-15(17-11)20-8-7-19-14-5-3-13(10-16)4-6-14/h3-6,9H,7-8,10,16H2,1-2H3. The van der Waals surface area contributed by atoms with Gasteiger partial charge in [-0.2, -0.15) is 0 Å². The lowest BCUT2D eigenvalue weighted by atomic mass is 10.2.